The zero-order chi connectivity index (χ0) is 14.6. The average Bonchev–Trinajstić information content (AvgIpc) is 2.86. The van der Waals surface area contributed by atoms with Gasteiger partial charge in [0.15, 0.2) is 5.13 Å². The third-order valence-corrected chi connectivity index (χ3v) is 3.76. The molecule has 1 N–H and O–H groups in total. The van der Waals surface area contributed by atoms with Crippen LogP contribution in [-0.4, -0.2) is 10.9 Å². The Hall–Kier alpha value is -1.68. The van der Waals surface area contributed by atoms with Crippen molar-refractivity contribution in [3.8, 4) is 0 Å². The zero-order valence-corrected chi connectivity index (χ0v) is 13.0. The Kier molecular flexibility index (Phi) is 4.55. The number of nitrogens with zero attached hydrogens (tertiary/aromatic N) is 1. The number of hydrogen-bond acceptors (Lipinski definition) is 3. The highest BCUT2D eigenvalue weighted by Crippen LogP contribution is 2.26. The summed E-state index contributed by atoms with van der Waals surface area (Å²) in [4.78, 5) is 16.4. The molecule has 1 aromatic heterocycles. The van der Waals surface area contributed by atoms with E-state index in [0.717, 1.165) is 12.1 Å². The third kappa shape index (κ3) is 4.17. The molecule has 2 aromatic rings. The number of thiazole rings is 1. The van der Waals surface area contributed by atoms with Gasteiger partial charge in [-0.1, -0.05) is 51.1 Å². The minimum Gasteiger partial charge on any atom is -0.302 e. The number of aryl methyl sites for hydroxylation is 1. The van der Waals surface area contributed by atoms with Crippen molar-refractivity contribution in [3.05, 3.63) is 47.0 Å². The monoisotopic (exact) mass is 288 g/mol. The molecule has 1 heterocycles. The molecule has 4 heteroatoms. The van der Waals surface area contributed by atoms with Gasteiger partial charge in [-0.15, -0.1) is 11.3 Å². The van der Waals surface area contributed by atoms with E-state index in [4.69, 9.17) is 0 Å². The fourth-order valence-electron chi connectivity index (χ4n) is 1.76. The van der Waals surface area contributed by atoms with Gasteiger partial charge in [0, 0.05) is 17.2 Å². The summed E-state index contributed by atoms with van der Waals surface area (Å²) < 4.78 is 0. The number of carbonyl (C=O) groups excluding carboxylic acids is 1. The summed E-state index contributed by atoms with van der Waals surface area (Å²) in [6.07, 6.45) is 1.23. The first-order valence-corrected chi connectivity index (χ1v) is 7.63. The number of hydrogen-bond donors (Lipinski definition) is 1. The molecule has 0 saturated carbocycles. The Labute approximate surface area is 124 Å². The lowest BCUT2D eigenvalue weighted by molar-refractivity contribution is -0.116. The van der Waals surface area contributed by atoms with E-state index in [1.807, 2.05) is 35.7 Å². The van der Waals surface area contributed by atoms with Gasteiger partial charge >= 0.3 is 0 Å². The number of nitrogens with one attached hydrogen (secondary N) is 1. The van der Waals surface area contributed by atoms with E-state index in [1.54, 1.807) is 0 Å². The molecule has 0 unspecified atom stereocenters. The second-order valence-corrected chi connectivity index (χ2v) is 6.68. The van der Waals surface area contributed by atoms with Crippen molar-refractivity contribution in [3.63, 3.8) is 0 Å². The molecule has 0 aliphatic rings. The van der Waals surface area contributed by atoms with Crippen molar-refractivity contribution in [2.75, 3.05) is 5.32 Å². The number of amides is 1. The van der Waals surface area contributed by atoms with Gasteiger partial charge < -0.3 is 5.32 Å². The molecule has 0 spiro atoms. The molecule has 0 bridgehead atoms. The lowest BCUT2D eigenvalue weighted by atomic mass is 9.93. The lowest BCUT2D eigenvalue weighted by Crippen LogP contribution is -2.14. The average molecular weight is 288 g/mol. The van der Waals surface area contributed by atoms with E-state index >= 15 is 0 Å². The number of carbonyl (C=O) groups is 1. The molecule has 0 saturated heterocycles. The van der Waals surface area contributed by atoms with Crippen LogP contribution in [0.2, 0.25) is 0 Å². The molecule has 20 heavy (non-hydrogen) atoms. The van der Waals surface area contributed by atoms with Crippen LogP contribution in [0.1, 0.15) is 38.4 Å². The molecule has 2 rings (SSSR count). The van der Waals surface area contributed by atoms with Crippen molar-refractivity contribution in [2.24, 2.45) is 0 Å². The number of benzene rings is 1. The first-order chi connectivity index (χ1) is 9.45. The first-order valence-electron chi connectivity index (χ1n) is 6.75. The summed E-state index contributed by atoms with van der Waals surface area (Å²) in [6, 6.07) is 10.0. The quantitative estimate of drug-likeness (QED) is 0.923. The van der Waals surface area contributed by atoms with Gasteiger partial charge in [-0.25, -0.2) is 4.98 Å². The van der Waals surface area contributed by atoms with Gasteiger partial charge in [0.05, 0.1) is 5.69 Å². The Morgan fingerprint density at radius 1 is 1.25 bits per heavy atom. The topological polar surface area (TPSA) is 42.0 Å². The van der Waals surface area contributed by atoms with E-state index in [-0.39, 0.29) is 11.3 Å². The molecule has 0 aliphatic carbocycles. The maximum atomic E-state index is 11.9. The van der Waals surface area contributed by atoms with E-state index in [2.05, 4.69) is 31.1 Å². The SMILES string of the molecule is CC(C)(C)c1csc(NC(=O)CCc2ccccc2)n1. The van der Waals surface area contributed by atoms with Gasteiger partial charge in [0.25, 0.3) is 0 Å². The maximum absolute atomic E-state index is 11.9. The van der Waals surface area contributed by atoms with Crippen LogP contribution in [0.15, 0.2) is 35.7 Å². The van der Waals surface area contributed by atoms with Gasteiger partial charge in [-0.05, 0) is 12.0 Å². The van der Waals surface area contributed by atoms with Crippen molar-refractivity contribution in [1.29, 1.82) is 0 Å². The Morgan fingerprint density at radius 2 is 1.95 bits per heavy atom. The van der Waals surface area contributed by atoms with Gasteiger partial charge in [0.2, 0.25) is 5.91 Å². The van der Waals surface area contributed by atoms with Crippen LogP contribution >= 0.6 is 11.3 Å². The maximum Gasteiger partial charge on any atom is 0.226 e. The fraction of sp³-hybridized carbons (Fsp3) is 0.375. The summed E-state index contributed by atoms with van der Waals surface area (Å²) in [5, 5.41) is 5.57. The van der Waals surface area contributed by atoms with E-state index in [0.29, 0.717) is 11.6 Å². The van der Waals surface area contributed by atoms with Crippen LogP contribution in [0.4, 0.5) is 5.13 Å². The predicted octanol–water partition coefficient (Wildman–Crippen LogP) is 4.01. The molecule has 1 amide bonds. The van der Waals surface area contributed by atoms with E-state index in [1.165, 1.54) is 16.9 Å². The molecule has 0 atom stereocenters. The second-order valence-electron chi connectivity index (χ2n) is 5.82. The van der Waals surface area contributed by atoms with Crippen molar-refractivity contribution >= 4 is 22.4 Å². The van der Waals surface area contributed by atoms with Gasteiger partial charge in [-0.2, -0.15) is 0 Å². The van der Waals surface area contributed by atoms with Crippen LogP contribution in [0.3, 0.4) is 0 Å². The van der Waals surface area contributed by atoms with Crippen molar-refractivity contribution in [1.82, 2.24) is 4.98 Å². The van der Waals surface area contributed by atoms with Gasteiger partial charge in [-0.3, -0.25) is 4.79 Å². The number of rotatable bonds is 4. The molecular weight excluding hydrogens is 268 g/mol. The smallest absolute Gasteiger partial charge is 0.226 e. The van der Waals surface area contributed by atoms with Gasteiger partial charge in [0.1, 0.15) is 0 Å². The summed E-state index contributed by atoms with van der Waals surface area (Å²) >= 11 is 1.48. The largest absolute Gasteiger partial charge is 0.302 e. The van der Waals surface area contributed by atoms with Crippen LogP contribution in [0, 0.1) is 0 Å². The van der Waals surface area contributed by atoms with Crippen LogP contribution in [-0.2, 0) is 16.6 Å². The lowest BCUT2D eigenvalue weighted by Gasteiger charge is -2.14. The highest BCUT2D eigenvalue weighted by Gasteiger charge is 2.18. The van der Waals surface area contributed by atoms with E-state index in [9.17, 15) is 4.79 Å². The standard InChI is InChI=1S/C16H20N2OS/c1-16(2,3)13-11-20-15(17-13)18-14(19)10-9-12-7-5-4-6-8-12/h4-8,11H,9-10H2,1-3H3,(H,17,18,19). The predicted molar refractivity (Wildman–Crippen MR) is 84.2 cm³/mol. The molecule has 0 fully saturated rings. The minimum atomic E-state index is 0.0173. The number of anilines is 1. The summed E-state index contributed by atoms with van der Waals surface area (Å²) in [5.74, 6) is 0.0173. The van der Waals surface area contributed by atoms with Crippen LogP contribution < -0.4 is 5.32 Å². The molecule has 106 valence electrons. The second kappa shape index (κ2) is 6.18. The van der Waals surface area contributed by atoms with Crippen LogP contribution in [0.25, 0.3) is 0 Å². The van der Waals surface area contributed by atoms with Crippen molar-refractivity contribution in [2.45, 2.75) is 39.0 Å². The summed E-state index contributed by atoms with van der Waals surface area (Å²) in [7, 11) is 0. The normalized spacial score (nSPS) is 11.3. The molecule has 0 radical (unpaired) electrons. The highest BCUT2D eigenvalue weighted by molar-refractivity contribution is 7.13. The summed E-state index contributed by atoms with van der Waals surface area (Å²) in [6.45, 7) is 6.34. The fourth-order valence-corrected chi connectivity index (χ4v) is 2.71. The minimum absolute atomic E-state index is 0.0173. The van der Waals surface area contributed by atoms with Crippen molar-refractivity contribution < 1.29 is 4.79 Å². The third-order valence-electron chi connectivity index (χ3n) is 3.00. The molecule has 1 aromatic carbocycles. The molecule has 3 nitrogen and oxygen atoms in total. The molecule has 0 aliphatic heterocycles. The highest BCUT2D eigenvalue weighted by atomic mass is 32.1. The Bertz CT molecular complexity index is 570. The Balaban J connectivity index is 1.87. The summed E-state index contributed by atoms with van der Waals surface area (Å²) in [5.41, 5.74) is 2.21. The molecular formula is C16H20N2OS. The Morgan fingerprint density at radius 3 is 2.55 bits per heavy atom. The first kappa shape index (κ1) is 14.7. The van der Waals surface area contributed by atoms with Crippen LogP contribution in [0.5, 0.6) is 0 Å². The van der Waals surface area contributed by atoms with E-state index < -0.39 is 0 Å². The zero-order valence-electron chi connectivity index (χ0n) is 12.1. The number of aromatic nitrogens is 1.